The summed E-state index contributed by atoms with van der Waals surface area (Å²) in [4.78, 5) is 19.0. The second-order valence-electron chi connectivity index (χ2n) is 8.46. The van der Waals surface area contributed by atoms with Gasteiger partial charge in [-0.1, -0.05) is 24.3 Å². The Morgan fingerprint density at radius 2 is 1.92 bits per heavy atom. The van der Waals surface area contributed by atoms with Gasteiger partial charge in [-0.3, -0.25) is 9.78 Å². The van der Waals surface area contributed by atoms with Crippen molar-refractivity contribution in [3.8, 4) is 11.5 Å². The van der Waals surface area contributed by atoms with Gasteiger partial charge in [0.1, 0.15) is 6.61 Å². The number of amides is 1. The molecular formula is C27H27F3N2O4. The minimum atomic E-state index is -4.64. The lowest BCUT2D eigenvalue weighted by Gasteiger charge is -2.27. The largest absolute Gasteiger partial charge is 0.493 e. The molecule has 1 aromatic heterocycles. The van der Waals surface area contributed by atoms with E-state index >= 15 is 0 Å². The Bertz CT molecular complexity index is 1170. The Kier molecular flexibility index (Phi) is 8.10. The van der Waals surface area contributed by atoms with Gasteiger partial charge < -0.3 is 19.1 Å². The number of aromatic nitrogens is 1. The number of hydrogen-bond acceptors (Lipinski definition) is 5. The van der Waals surface area contributed by atoms with Crippen LogP contribution in [0.4, 0.5) is 13.2 Å². The molecule has 0 spiro atoms. The zero-order chi connectivity index (χ0) is 25.5. The van der Waals surface area contributed by atoms with Crippen molar-refractivity contribution in [2.45, 2.75) is 38.3 Å². The fourth-order valence-corrected chi connectivity index (χ4v) is 4.13. The van der Waals surface area contributed by atoms with Crippen LogP contribution in [-0.4, -0.2) is 42.2 Å². The van der Waals surface area contributed by atoms with Gasteiger partial charge in [-0.25, -0.2) is 0 Å². The van der Waals surface area contributed by atoms with Crippen LogP contribution in [0.15, 0.2) is 66.9 Å². The monoisotopic (exact) mass is 500 g/mol. The number of hydrogen-bond donors (Lipinski definition) is 0. The van der Waals surface area contributed by atoms with Crippen molar-refractivity contribution in [3.63, 3.8) is 0 Å². The summed E-state index contributed by atoms with van der Waals surface area (Å²) >= 11 is 0. The average molecular weight is 501 g/mol. The molecular weight excluding hydrogens is 473 g/mol. The van der Waals surface area contributed by atoms with E-state index in [1.165, 1.54) is 30.2 Å². The van der Waals surface area contributed by atoms with E-state index in [0.717, 1.165) is 24.6 Å². The lowest BCUT2D eigenvalue weighted by molar-refractivity contribution is -0.138. The zero-order valence-electron chi connectivity index (χ0n) is 19.8. The van der Waals surface area contributed by atoms with E-state index in [4.69, 9.17) is 14.2 Å². The van der Waals surface area contributed by atoms with Crippen LogP contribution in [0.3, 0.4) is 0 Å². The van der Waals surface area contributed by atoms with Gasteiger partial charge in [-0.2, -0.15) is 13.2 Å². The predicted molar refractivity (Wildman–Crippen MR) is 127 cm³/mol. The zero-order valence-corrected chi connectivity index (χ0v) is 19.8. The highest BCUT2D eigenvalue weighted by molar-refractivity contribution is 5.96. The molecule has 0 saturated carbocycles. The van der Waals surface area contributed by atoms with Crippen LogP contribution in [0.1, 0.15) is 40.0 Å². The van der Waals surface area contributed by atoms with E-state index in [-0.39, 0.29) is 31.4 Å². The number of pyridine rings is 1. The van der Waals surface area contributed by atoms with E-state index in [9.17, 15) is 18.0 Å². The lowest BCUT2D eigenvalue weighted by atomic mass is 10.0. The number of ether oxygens (including phenoxy) is 3. The summed E-state index contributed by atoms with van der Waals surface area (Å²) in [5, 5.41) is 0. The summed E-state index contributed by atoms with van der Waals surface area (Å²) in [6, 6.07) is 15.6. The number of benzene rings is 2. The Morgan fingerprint density at radius 1 is 1.11 bits per heavy atom. The molecule has 190 valence electrons. The van der Waals surface area contributed by atoms with Crippen molar-refractivity contribution in [1.29, 1.82) is 0 Å². The fourth-order valence-electron chi connectivity index (χ4n) is 4.13. The van der Waals surface area contributed by atoms with E-state index in [0.29, 0.717) is 23.7 Å². The van der Waals surface area contributed by atoms with Crippen molar-refractivity contribution >= 4 is 5.91 Å². The molecule has 0 radical (unpaired) electrons. The molecule has 1 unspecified atom stereocenters. The minimum absolute atomic E-state index is 0.0851. The Labute approximate surface area is 207 Å². The number of methoxy groups -OCH3 is 1. The van der Waals surface area contributed by atoms with E-state index in [2.05, 4.69) is 4.98 Å². The smallest absolute Gasteiger partial charge is 0.417 e. The average Bonchev–Trinajstić information content (AvgIpc) is 3.40. The molecule has 1 aliphatic rings. The molecule has 1 saturated heterocycles. The van der Waals surface area contributed by atoms with Crippen LogP contribution >= 0.6 is 0 Å². The first-order chi connectivity index (χ1) is 17.3. The van der Waals surface area contributed by atoms with Crippen LogP contribution in [0.5, 0.6) is 11.5 Å². The van der Waals surface area contributed by atoms with Crippen molar-refractivity contribution in [3.05, 3.63) is 89.2 Å². The highest BCUT2D eigenvalue weighted by atomic mass is 19.4. The SMILES string of the molecule is COc1cc(CN(CC2CCCO2)C(=O)c2ccccc2C(F)(F)F)ccc1OCc1ccccn1. The number of rotatable bonds is 9. The van der Waals surface area contributed by atoms with Gasteiger partial charge in [0.25, 0.3) is 5.91 Å². The molecule has 0 bridgehead atoms. The molecule has 4 rings (SSSR count). The molecule has 1 fully saturated rings. The third kappa shape index (κ3) is 6.34. The molecule has 2 heterocycles. The summed E-state index contributed by atoms with van der Waals surface area (Å²) < 4.78 is 57.8. The van der Waals surface area contributed by atoms with Crippen LogP contribution in [-0.2, 0) is 24.1 Å². The summed E-state index contributed by atoms with van der Waals surface area (Å²) in [5.74, 6) is 0.239. The fraction of sp³-hybridized carbons (Fsp3) is 0.333. The third-order valence-electron chi connectivity index (χ3n) is 5.90. The first-order valence-electron chi connectivity index (χ1n) is 11.6. The van der Waals surface area contributed by atoms with E-state index in [1.807, 2.05) is 18.2 Å². The topological polar surface area (TPSA) is 60.9 Å². The van der Waals surface area contributed by atoms with Gasteiger partial charge in [0.2, 0.25) is 0 Å². The Hall–Kier alpha value is -3.59. The summed E-state index contributed by atoms with van der Waals surface area (Å²) in [6.07, 6.45) is -1.60. The van der Waals surface area contributed by atoms with Gasteiger partial charge in [0, 0.05) is 25.9 Å². The molecule has 36 heavy (non-hydrogen) atoms. The molecule has 2 aromatic carbocycles. The number of halogens is 3. The molecule has 1 atom stereocenters. The second kappa shape index (κ2) is 11.4. The number of alkyl halides is 3. The van der Waals surface area contributed by atoms with Gasteiger partial charge in [-0.15, -0.1) is 0 Å². The summed E-state index contributed by atoms with van der Waals surface area (Å²) in [6.45, 7) is 1.09. The first-order valence-corrected chi connectivity index (χ1v) is 11.6. The van der Waals surface area contributed by atoms with Crippen molar-refractivity contribution in [2.24, 2.45) is 0 Å². The number of carbonyl (C=O) groups is 1. The molecule has 1 aliphatic heterocycles. The maximum atomic E-state index is 13.6. The highest BCUT2D eigenvalue weighted by Gasteiger charge is 2.36. The maximum Gasteiger partial charge on any atom is 0.417 e. The maximum absolute atomic E-state index is 13.6. The Balaban J connectivity index is 1.57. The predicted octanol–water partition coefficient (Wildman–Crippen LogP) is 5.51. The normalized spacial score (nSPS) is 15.5. The molecule has 0 aliphatic carbocycles. The van der Waals surface area contributed by atoms with Crippen LogP contribution in [0, 0.1) is 0 Å². The van der Waals surface area contributed by atoms with Crippen molar-refractivity contribution in [2.75, 3.05) is 20.3 Å². The summed E-state index contributed by atoms with van der Waals surface area (Å²) in [5.41, 5.74) is 0.0987. The van der Waals surface area contributed by atoms with Gasteiger partial charge >= 0.3 is 6.18 Å². The molecule has 9 heteroatoms. The number of nitrogens with zero attached hydrogens (tertiary/aromatic N) is 2. The second-order valence-corrected chi connectivity index (χ2v) is 8.46. The third-order valence-corrected chi connectivity index (χ3v) is 5.90. The van der Waals surface area contributed by atoms with Gasteiger partial charge in [0.05, 0.1) is 30.0 Å². The van der Waals surface area contributed by atoms with Crippen molar-refractivity contribution in [1.82, 2.24) is 9.88 Å². The van der Waals surface area contributed by atoms with Crippen molar-refractivity contribution < 1.29 is 32.2 Å². The quantitative estimate of drug-likeness (QED) is 0.388. The van der Waals surface area contributed by atoms with E-state index < -0.39 is 17.6 Å². The Morgan fingerprint density at radius 3 is 2.61 bits per heavy atom. The molecule has 0 N–H and O–H groups in total. The van der Waals surface area contributed by atoms with Gasteiger partial charge in [-0.05, 0) is 54.8 Å². The van der Waals surface area contributed by atoms with Crippen LogP contribution < -0.4 is 9.47 Å². The lowest BCUT2D eigenvalue weighted by Crippen LogP contribution is -2.37. The first kappa shape index (κ1) is 25.5. The molecule has 3 aromatic rings. The number of carbonyl (C=O) groups excluding carboxylic acids is 1. The van der Waals surface area contributed by atoms with Crippen LogP contribution in [0.25, 0.3) is 0 Å². The highest BCUT2D eigenvalue weighted by Crippen LogP contribution is 2.33. The standard InChI is InChI=1S/C27H27F3N2O4/c1-34-25-15-19(11-12-24(25)36-18-20-7-4-5-13-31-20)16-32(17-21-8-6-14-35-21)26(33)22-9-2-3-10-23(22)27(28,29)30/h2-5,7,9-13,15,21H,6,8,14,16-18H2,1H3. The minimum Gasteiger partial charge on any atom is -0.493 e. The molecule has 1 amide bonds. The summed E-state index contributed by atoms with van der Waals surface area (Å²) in [7, 11) is 1.50. The van der Waals surface area contributed by atoms with Crippen LogP contribution in [0.2, 0.25) is 0 Å². The van der Waals surface area contributed by atoms with Gasteiger partial charge in [0.15, 0.2) is 11.5 Å². The molecule has 6 nitrogen and oxygen atoms in total. The van der Waals surface area contributed by atoms with E-state index in [1.54, 1.807) is 24.4 Å².